The third-order valence-corrected chi connectivity index (χ3v) is 2.05. The number of aliphatic hydroxyl groups is 1. The summed E-state index contributed by atoms with van der Waals surface area (Å²) in [7, 11) is 0. The van der Waals surface area contributed by atoms with Gasteiger partial charge in [0.05, 0.1) is 6.10 Å². The van der Waals surface area contributed by atoms with Crippen molar-refractivity contribution in [3.63, 3.8) is 0 Å². The Morgan fingerprint density at radius 3 is 2.31 bits per heavy atom. The molecule has 0 aromatic rings. The topological polar surface area (TPSA) is 20.2 Å². The van der Waals surface area contributed by atoms with Crippen molar-refractivity contribution in [2.75, 3.05) is 0 Å². The Hall–Kier alpha value is -0.560. The zero-order valence-corrected chi connectivity index (χ0v) is 9.25. The lowest BCUT2D eigenvalue weighted by Gasteiger charge is -2.25. The van der Waals surface area contributed by atoms with E-state index >= 15 is 0 Å². The van der Waals surface area contributed by atoms with Crippen molar-refractivity contribution in [2.24, 2.45) is 5.41 Å². The largest absolute Gasteiger partial charge is 0.393 e. The first-order valence-corrected chi connectivity index (χ1v) is 4.94. The minimum Gasteiger partial charge on any atom is -0.393 e. The van der Waals surface area contributed by atoms with Gasteiger partial charge in [-0.05, 0) is 25.2 Å². The van der Waals surface area contributed by atoms with E-state index in [1.54, 1.807) is 0 Å². The van der Waals surface area contributed by atoms with Gasteiger partial charge in [-0.25, -0.2) is 0 Å². The molecule has 0 radical (unpaired) electrons. The maximum absolute atomic E-state index is 9.69. The van der Waals surface area contributed by atoms with Crippen molar-refractivity contribution in [3.05, 3.63) is 24.3 Å². The van der Waals surface area contributed by atoms with Crippen LogP contribution in [0.1, 0.15) is 40.5 Å². The molecular formula is C12H22O. The number of hydrogen-bond acceptors (Lipinski definition) is 1. The molecule has 0 fully saturated rings. The van der Waals surface area contributed by atoms with Gasteiger partial charge in [0.1, 0.15) is 0 Å². The van der Waals surface area contributed by atoms with Gasteiger partial charge < -0.3 is 5.11 Å². The molecule has 1 heteroatoms. The Kier molecular flexibility index (Phi) is 5.72. The highest BCUT2D eigenvalue weighted by molar-refractivity contribution is 5.01. The van der Waals surface area contributed by atoms with Gasteiger partial charge in [0, 0.05) is 0 Å². The molecule has 0 aliphatic rings. The predicted octanol–water partition coefficient (Wildman–Crippen LogP) is 3.31. The Balaban J connectivity index is 3.65. The zero-order chi connectivity index (χ0) is 10.3. The van der Waals surface area contributed by atoms with Gasteiger partial charge in [0.2, 0.25) is 0 Å². The van der Waals surface area contributed by atoms with Gasteiger partial charge in [0.25, 0.3) is 0 Å². The molecule has 1 nitrogen and oxygen atoms in total. The second kappa shape index (κ2) is 5.98. The summed E-state index contributed by atoms with van der Waals surface area (Å²) in [6.07, 6.45) is 9.70. The highest BCUT2D eigenvalue weighted by Gasteiger charge is 2.20. The van der Waals surface area contributed by atoms with E-state index in [4.69, 9.17) is 0 Å². The maximum atomic E-state index is 9.69. The van der Waals surface area contributed by atoms with Crippen LogP contribution in [0.15, 0.2) is 24.3 Å². The molecule has 13 heavy (non-hydrogen) atoms. The van der Waals surface area contributed by atoms with Crippen LogP contribution in [-0.2, 0) is 0 Å². The van der Waals surface area contributed by atoms with E-state index < -0.39 is 0 Å². The van der Waals surface area contributed by atoms with Gasteiger partial charge >= 0.3 is 0 Å². The average molecular weight is 182 g/mol. The summed E-state index contributed by atoms with van der Waals surface area (Å²) in [5.74, 6) is 0. The lowest BCUT2D eigenvalue weighted by atomic mass is 9.86. The van der Waals surface area contributed by atoms with Gasteiger partial charge in [-0.2, -0.15) is 0 Å². The summed E-state index contributed by atoms with van der Waals surface area (Å²) in [5, 5.41) is 9.69. The summed E-state index contributed by atoms with van der Waals surface area (Å²) < 4.78 is 0. The Bertz CT molecular complexity index is 172. The van der Waals surface area contributed by atoms with E-state index in [1.165, 1.54) is 0 Å². The minimum atomic E-state index is -0.206. The highest BCUT2D eigenvalue weighted by atomic mass is 16.3. The molecule has 0 spiro atoms. The normalized spacial score (nSPS) is 15.8. The fourth-order valence-corrected chi connectivity index (χ4v) is 0.973. The van der Waals surface area contributed by atoms with Crippen LogP contribution in [0.25, 0.3) is 0 Å². The van der Waals surface area contributed by atoms with Gasteiger partial charge in [-0.1, -0.05) is 45.1 Å². The fourth-order valence-electron chi connectivity index (χ4n) is 0.973. The van der Waals surface area contributed by atoms with Crippen LogP contribution in [0.2, 0.25) is 0 Å². The van der Waals surface area contributed by atoms with Crippen molar-refractivity contribution in [1.82, 2.24) is 0 Å². The molecule has 0 aromatic heterocycles. The molecule has 1 unspecified atom stereocenters. The third-order valence-electron chi connectivity index (χ3n) is 2.05. The SMILES string of the molecule is CC=CC=CCCC(O)C(C)(C)C. The van der Waals surface area contributed by atoms with Gasteiger partial charge in [-0.15, -0.1) is 0 Å². The van der Waals surface area contributed by atoms with Crippen molar-refractivity contribution in [2.45, 2.75) is 46.6 Å². The van der Waals surface area contributed by atoms with Crippen LogP contribution >= 0.6 is 0 Å². The summed E-state index contributed by atoms with van der Waals surface area (Å²) in [6.45, 7) is 8.18. The monoisotopic (exact) mass is 182 g/mol. The Morgan fingerprint density at radius 2 is 1.85 bits per heavy atom. The molecule has 0 heterocycles. The average Bonchev–Trinajstić information content (AvgIpc) is 2.02. The number of aliphatic hydroxyl groups excluding tert-OH is 1. The van der Waals surface area contributed by atoms with Crippen molar-refractivity contribution < 1.29 is 5.11 Å². The molecule has 1 atom stereocenters. The number of rotatable bonds is 4. The summed E-state index contributed by atoms with van der Waals surface area (Å²) in [6, 6.07) is 0. The highest BCUT2D eigenvalue weighted by Crippen LogP contribution is 2.22. The van der Waals surface area contributed by atoms with E-state index in [9.17, 15) is 5.11 Å². The van der Waals surface area contributed by atoms with Crippen LogP contribution in [0.5, 0.6) is 0 Å². The third kappa shape index (κ3) is 6.59. The summed E-state index contributed by atoms with van der Waals surface area (Å²) in [4.78, 5) is 0. The number of allylic oxidation sites excluding steroid dienone is 4. The Morgan fingerprint density at radius 1 is 1.23 bits per heavy atom. The smallest absolute Gasteiger partial charge is 0.0591 e. The first-order valence-electron chi connectivity index (χ1n) is 4.94. The summed E-state index contributed by atoms with van der Waals surface area (Å²) >= 11 is 0. The van der Waals surface area contributed by atoms with Crippen LogP contribution in [0.3, 0.4) is 0 Å². The molecule has 0 rings (SSSR count). The predicted molar refractivity (Wildman–Crippen MR) is 58.6 cm³/mol. The number of hydrogen-bond donors (Lipinski definition) is 1. The molecule has 0 aliphatic carbocycles. The molecule has 1 N–H and O–H groups in total. The molecule has 0 saturated carbocycles. The van der Waals surface area contributed by atoms with E-state index in [0.717, 1.165) is 12.8 Å². The van der Waals surface area contributed by atoms with Crippen LogP contribution in [0, 0.1) is 5.41 Å². The maximum Gasteiger partial charge on any atom is 0.0591 e. The zero-order valence-electron chi connectivity index (χ0n) is 9.25. The van der Waals surface area contributed by atoms with Crippen molar-refractivity contribution >= 4 is 0 Å². The molecule has 0 amide bonds. The Labute approximate surface area is 82.2 Å². The van der Waals surface area contributed by atoms with Gasteiger partial charge in [-0.3, -0.25) is 0 Å². The van der Waals surface area contributed by atoms with E-state index in [0.29, 0.717) is 0 Å². The lowest BCUT2D eigenvalue weighted by Crippen LogP contribution is -2.25. The second-order valence-corrected chi connectivity index (χ2v) is 4.41. The minimum absolute atomic E-state index is 0.00837. The summed E-state index contributed by atoms with van der Waals surface area (Å²) in [5.41, 5.74) is 0.00837. The molecule has 0 saturated heterocycles. The first kappa shape index (κ1) is 12.4. The van der Waals surface area contributed by atoms with Crippen molar-refractivity contribution in [3.8, 4) is 0 Å². The lowest BCUT2D eigenvalue weighted by molar-refractivity contribution is 0.0566. The van der Waals surface area contributed by atoms with E-state index in [-0.39, 0.29) is 11.5 Å². The molecular weight excluding hydrogens is 160 g/mol. The van der Waals surface area contributed by atoms with E-state index in [2.05, 4.69) is 26.8 Å². The van der Waals surface area contributed by atoms with E-state index in [1.807, 2.05) is 25.2 Å². The van der Waals surface area contributed by atoms with Crippen molar-refractivity contribution in [1.29, 1.82) is 0 Å². The molecule has 0 aromatic carbocycles. The van der Waals surface area contributed by atoms with Gasteiger partial charge in [0.15, 0.2) is 0 Å². The van der Waals surface area contributed by atoms with Crippen LogP contribution < -0.4 is 0 Å². The molecule has 0 bridgehead atoms. The first-order chi connectivity index (χ1) is 5.98. The molecule has 0 aliphatic heterocycles. The van der Waals surface area contributed by atoms with Crippen LogP contribution in [-0.4, -0.2) is 11.2 Å². The quantitative estimate of drug-likeness (QED) is 0.661. The van der Waals surface area contributed by atoms with Crippen LogP contribution in [0.4, 0.5) is 0 Å². The standard InChI is InChI=1S/C12H22O/c1-5-6-7-8-9-10-11(13)12(2,3)4/h5-8,11,13H,9-10H2,1-4H3. The molecule has 76 valence electrons. The fraction of sp³-hybridized carbons (Fsp3) is 0.667. The second-order valence-electron chi connectivity index (χ2n) is 4.41.